The van der Waals surface area contributed by atoms with Crippen molar-refractivity contribution >= 4 is 49.0 Å². The molecule has 9 heteroatoms. The van der Waals surface area contributed by atoms with Crippen molar-refractivity contribution in [2.45, 2.75) is 63.6 Å². The van der Waals surface area contributed by atoms with E-state index in [1.54, 1.807) is 10.4 Å². The van der Waals surface area contributed by atoms with E-state index < -0.39 is 16.0 Å². The van der Waals surface area contributed by atoms with Crippen LogP contribution < -0.4 is 4.74 Å². The number of carboxylic acid groups (broad SMARTS) is 1. The van der Waals surface area contributed by atoms with Gasteiger partial charge in [-0.1, -0.05) is 31.5 Å². The SMILES string of the molecule is CCCN(C(CC)COc1ccc(CCC(=O)O)c(C)c1)S(=O)(=O)c1sc2ccc(Cl)cc2c1C. The number of benzene rings is 2. The zero-order valence-electron chi connectivity index (χ0n) is 20.5. The number of hydrogen-bond donors (Lipinski definition) is 1. The second-order valence-electron chi connectivity index (χ2n) is 8.63. The Balaban J connectivity index is 1.83. The van der Waals surface area contributed by atoms with Gasteiger partial charge in [-0.3, -0.25) is 4.79 Å². The summed E-state index contributed by atoms with van der Waals surface area (Å²) in [6.45, 7) is 8.30. The molecule has 1 atom stereocenters. The molecule has 1 N–H and O–H groups in total. The van der Waals surface area contributed by atoms with Crippen LogP contribution in [0, 0.1) is 13.8 Å². The molecule has 0 saturated heterocycles. The van der Waals surface area contributed by atoms with Crippen LogP contribution in [0.1, 0.15) is 49.8 Å². The molecule has 35 heavy (non-hydrogen) atoms. The van der Waals surface area contributed by atoms with Gasteiger partial charge in [-0.25, -0.2) is 8.42 Å². The Morgan fingerprint density at radius 2 is 1.91 bits per heavy atom. The summed E-state index contributed by atoms with van der Waals surface area (Å²) in [5.74, 6) is -0.189. The summed E-state index contributed by atoms with van der Waals surface area (Å²) in [6.07, 6.45) is 1.82. The molecule has 6 nitrogen and oxygen atoms in total. The molecule has 0 amide bonds. The van der Waals surface area contributed by atoms with Gasteiger partial charge < -0.3 is 9.84 Å². The minimum atomic E-state index is -3.74. The lowest BCUT2D eigenvalue weighted by atomic mass is 10.0. The third kappa shape index (κ3) is 6.36. The maximum absolute atomic E-state index is 13.8. The smallest absolute Gasteiger partial charge is 0.303 e. The molecule has 0 fully saturated rings. The largest absolute Gasteiger partial charge is 0.492 e. The molecule has 2 aromatic carbocycles. The quantitative estimate of drug-likeness (QED) is 0.287. The van der Waals surface area contributed by atoms with E-state index in [2.05, 4.69) is 0 Å². The van der Waals surface area contributed by atoms with Crippen molar-refractivity contribution in [2.24, 2.45) is 0 Å². The Hall–Kier alpha value is -2.13. The lowest BCUT2D eigenvalue weighted by Crippen LogP contribution is -2.43. The average molecular weight is 538 g/mol. The molecule has 190 valence electrons. The summed E-state index contributed by atoms with van der Waals surface area (Å²) in [4.78, 5) is 10.9. The van der Waals surface area contributed by atoms with E-state index in [0.717, 1.165) is 26.8 Å². The van der Waals surface area contributed by atoms with Crippen molar-refractivity contribution in [1.82, 2.24) is 4.31 Å². The third-order valence-corrected chi connectivity index (χ3v) is 10.1. The highest BCUT2D eigenvalue weighted by molar-refractivity contribution is 7.91. The van der Waals surface area contributed by atoms with Crippen LogP contribution in [0.5, 0.6) is 5.75 Å². The maximum Gasteiger partial charge on any atom is 0.303 e. The number of nitrogens with zero attached hydrogens (tertiary/aromatic N) is 1. The number of hydrogen-bond acceptors (Lipinski definition) is 5. The zero-order valence-corrected chi connectivity index (χ0v) is 22.9. The number of rotatable bonds is 12. The van der Waals surface area contributed by atoms with E-state index >= 15 is 0 Å². The van der Waals surface area contributed by atoms with E-state index in [1.165, 1.54) is 11.3 Å². The van der Waals surface area contributed by atoms with Crippen LogP contribution in [-0.2, 0) is 21.2 Å². The molecular formula is C26H32ClNO5S2. The predicted octanol–water partition coefficient (Wildman–Crippen LogP) is 6.45. The number of fused-ring (bicyclic) bond motifs is 1. The van der Waals surface area contributed by atoms with Crippen LogP contribution in [0.3, 0.4) is 0 Å². The van der Waals surface area contributed by atoms with Crippen LogP contribution >= 0.6 is 22.9 Å². The normalized spacial score (nSPS) is 12.9. The van der Waals surface area contributed by atoms with Gasteiger partial charge in [0.15, 0.2) is 0 Å². The van der Waals surface area contributed by atoms with Crippen LogP contribution in [0.4, 0.5) is 0 Å². The Kier molecular flexibility index (Phi) is 9.21. The maximum atomic E-state index is 13.8. The number of sulfonamides is 1. The molecular weight excluding hydrogens is 506 g/mol. The van der Waals surface area contributed by atoms with Crippen molar-refractivity contribution in [3.8, 4) is 5.75 Å². The van der Waals surface area contributed by atoms with E-state index in [4.69, 9.17) is 21.4 Å². The minimum Gasteiger partial charge on any atom is -0.492 e. The van der Waals surface area contributed by atoms with Gasteiger partial charge in [0.05, 0.1) is 6.04 Å². The molecule has 0 saturated carbocycles. The van der Waals surface area contributed by atoms with E-state index in [-0.39, 0.29) is 19.1 Å². The average Bonchev–Trinajstić information content (AvgIpc) is 3.14. The molecule has 0 aliphatic heterocycles. The summed E-state index contributed by atoms with van der Waals surface area (Å²) in [5, 5.41) is 10.4. The Bertz CT molecular complexity index is 1300. The molecule has 0 radical (unpaired) electrons. The van der Waals surface area contributed by atoms with Crippen molar-refractivity contribution in [3.05, 3.63) is 58.1 Å². The van der Waals surface area contributed by atoms with Gasteiger partial charge in [0.1, 0.15) is 16.6 Å². The lowest BCUT2D eigenvalue weighted by molar-refractivity contribution is -0.136. The van der Waals surface area contributed by atoms with Gasteiger partial charge >= 0.3 is 5.97 Å². The van der Waals surface area contributed by atoms with Gasteiger partial charge in [-0.2, -0.15) is 4.31 Å². The number of aryl methyl sites for hydroxylation is 3. The first-order valence-corrected chi connectivity index (χ1v) is 14.4. The van der Waals surface area contributed by atoms with Crippen molar-refractivity contribution < 1.29 is 23.1 Å². The molecule has 1 heterocycles. The molecule has 0 spiro atoms. The van der Waals surface area contributed by atoms with E-state index in [1.807, 2.05) is 58.0 Å². The highest BCUT2D eigenvalue weighted by Crippen LogP contribution is 2.37. The summed E-state index contributed by atoms with van der Waals surface area (Å²) < 4.78 is 36.5. The van der Waals surface area contributed by atoms with Crippen LogP contribution in [0.15, 0.2) is 40.6 Å². The second-order valence-corrected chi connectivity index (χ2v) is 12.2. The molecule has 1 unspecified atom stereocenters. The second kappa shape index (κ2) is 11.7. The third-order valence-electron chi connectivity index (χ3n) is 6.08. The lowest BCUT2D eigenvalue weighted by Gasteiger charge is -2.30. The van der Waals surface area contributed by atoms with E-state index in [0.29, 0.717) is 40.8 Å². The van der Waals surface area contributed by atoms with Crippen LogP contribution in [-0.4, -0.2) is 43.0 Å². The summed E-state index contributed by atoms with van der Waals surface area (Å²) in [5.41, 5.74) is 2.63. The number of thiophene rings is 1. The van der Waals surface area contributed by atoms with Gasteiger partial charge in [0.2, 0.25) is 0 Å². The number of aliphatic carboxylic acids is 1. The molecule has 0 bridgehead atoms. The number of halogens is 1. The van der Waals surface area contributed by atoms with Gasteiger partial charge in [0.25, 0.3) is 10.0 Å². The van der Waals surface area contributed by atoms with Crippen molar-refractivity contribution in [2.75, 3.05) is 13.2 Å². The highest BCUT2D eigenvalue weighted by atomic mass is 35.5. The standard InChI is InChI=1S/C26H32ClNO5S2/c1-5-13-28(35(31,32)26-18(4)23-15-20(27)9-11-24(23)34-26)21(6-2)16-33-22-10-7-19(17(3)14-22)8-12-25(29)30/h7,9-11,14-15,21H,5-6,8,12-13,16H2,1-4H3,(H,29,30). The molecule has 1 aromatic heterocycles. The molecule has 0 aliphatic carbocycles. The first-order chi connectivity index (χ1) is 16.6. The summed E-state index contributed by atoms with van der Waals surface area (Å²) >= 11 is 7.43. The zero-order chi connectivity index (χ0) is 25.8. The molecule has 3 rings (SSSR count). The first-order valence-electron chi connectivity index (χ1n) is 11.7. The van der Waals surface area contributed by atoms with E-state index in [9.17, 15) is 13.2 Å². The Labute approximate surface area is 216 Å². The summed E-state index contributed by atoms with van der Waals surface area (Å²) in [7, 11) is -3.74. The fraction of sp³-hybridized carbons (Fsp3) is 0.423. The summed E-state index contributed by atoms with van der Waals surface area (Å²) in [6, 6.07) is 10.7. The number of carbonyl (C=O) groups is 1. The fourth-order valence-electron chi connectivity index (χ4n) is 4.12. The number of carboxylic acids is 1. The Morgan fingerprint density at radius 3 is 2.54 bits per heavy atom. The Morgan fingerprint density at radius 1 is 1.17 bits per heavy atom. The molecule has 3 aromatic rings. The van der Waals surface area contributed by atoms with Crippen molar-refractivity contribution in [1.29, 1.82) is 0 Å². The van der Waals surface area contributed by atoms with Gasteiger partial charge in [-0.05, 0) is 85.5 Å². The van der Waals surface area contributed by atoms with Gasteiger partial charge in [0, 0.05) is 22.7 Å². The van der Waals surface area contributed by atoms with Crippen molar-refractivity contribution in [3.63, 3.8) is 0 Å². The topological polar surface area (TPSA) is 83.9 Å². The first kappa shape index (κ1) is 27.5. The van der Waals surface area contributed by atoms with Gasteiger partial charge in [-0.15, -0.1) is 11.3 Å². The fourth-order valence-corrected chi connectivity index (χ4v) is 7.93. The monoisotopic (exact) mass is 537 g/mol. The van der Waals surface area contributed by atoms with Crippen LogP contribution in [0.2, 0.25) is 5.02 Å². The minimum absolute atomic E-state index is 0.0755. The van der Waals surface area contributed by atoms with Crippen LogP contribution in [0.25, 0.3) is 10.1 Å². The molecule has 0 aliphatic rings. The number of ether oxygens (including phenoxy) is 1. The predicted molar refractivity (Wildman–Crippen MR) is 142 cm³/mol. The highest BCUT2D eigenvalue weighted by Gasteiger charge is 2.33.